The number of nitrogens with zero attached hydrogens (tertiary/aromatic N) is 3. The summed E-state index contributed by atoms with van der Waals surface area (Å²) in [6, 6.07) is 16.3. The molecule has 0 aliphatic carbocycles. The molecule has 0 saturated carbocycles. The smallest absolute Gasteiger partial charge is 0.299 e. The molecule has 2 atom stereocenters. The van der Waals surface area contributed by atoms with Gasteiger partial charge in [0.1, 0.15) is 5.82 Å². The summed E-state index contributed by atoms with van der Waals surface area (Å²) in [5, 5.41) is 0. The summed E-state index contributed by atoms with van der Waals surface area (Å²) in [6.07, 6.45) is 1.37. The molecule has 1 spiro atoms. The molecule has 3 heterocycles. The molecular formula is C28H25F4N3O. The average Bonchev–Trinajstić information content (AvgIpc) is 3.16. The zero-order valence-corrected chi connectivity index (χ0v) is 19.7. The number of likely N-dealkylation sites (tertiary alicyclic amines) is 1. The number of amides is 1. The molecule has 0 N–H and O–H groups in total. The van der Waals surface area contributed by atoms with Gasteiger partial charge in [-0.25, -0.2) is 4.39 Å². The zero-order chi connectivity index (χ0) is 25.5. The second kappa shape index (κ2) is 9.17. The summed E-state index contributed by atoms with van der Waals surface area (Å²) >= 11 is 0. The molecule has 1 amide bonds. The van der Waals surface area contributed by atoms with E-state index in [1.807, 2.05) is 30.3 Å². The van der Waals surface area contributed by atoms with E-state index >= 15 is 0 Å². The quantitative estimate of drug-likeness (QED) is 0.403. The third-order valence-corrected chi connectivity index (χ3v) is 7.07. The minimum Gasteiger partial charge on any atom is -0.299 e. The van der Waals surface area contributed by atoms with E-state index in [2.05, 4.69) is 16.8 Å². The van der Waals surface area contributed by atoms with E-state index in [1.54, 1.807) is 23.1 Å². The largest absolute Gasteiger partial charge is 0.417 e. The van der Waals surface area contributed by atoms with Crippen LogP contribution in [0.1, 0.15) is 30.9 Å². The first-order chi connectivity index (χ1) is 17.1. The normalized spacial score (nSPS) is 22.5. The molecule has 0 bridgehead atoms. The highest BCUT2D eigenvalue weighted by Gasteiger charge is 2.46. The van der Waals surface area contributed by atoms with Gasteiger partial charge in [0.15, 0.2) is 0 Å². The third-order valence-electron chi connectivity index (χ3n) is 7.07. The Hall–Kier alpha value is -3.52. The number of hydrogen-bond acceptors (Lipinski definition) is 3. The second-order valence-electron chi connectivity index (χ2n) is 9.49. The standard InChI is InChI=1S/C28H25F4N3O/c1-19-16-27(11-10-26(36)35(27)24-7-3-6-23(29)15-24)12-13-34(19)18-20-4-2-5-21(14-20)25-9-8-22(17-33-25)28(30,31)32/h2-11,14-15,17,19H,12-13,16,18H2,1H3. The van der Waals surface area contributed by atoms with E-state index in [4.69, 9.17) is 0 Å². The summed E-state index contributed by atoms with van der Waals surface area (Å²) in [5.74, 6) is -0.520. The van der Waals surface area contributed by atoms with E-state index in [-0.39, 0.29) is 17.8 Å². The molecule has 36 heavy (non-hydrogen) atoms. The fourth-order valence-electron chi connectivity index (χ4n) is 5.28. The number of pyridine rings is 1. The zero-order valence-electron chi connectivity index (χ0n) is 19.7. The number of alkyl halides is 3. The number of carbonyl (C=O) groups is 1. The number of rotatable bonds is 4. The molecule has 0 radical (unpaired) electrons. The summed E-state index contributed by atoms with van der Waals surface area (Å²) in [4.78, 5) is 20.8. The number of halogens is 4. The SMILES string of the molecule is CC1CC2(C=CC(=O)N2c2cccc(F)c2)CCN1Cc1cccc(-c2ccc(C(F)(F)F)cn2)c1. The summed E-state index contributed by atoms with van der Waals surface area (Å²) in [7, 11) is 0. The molecule has 186 valence electrons. The maximum atomic E-state index is 13.9. The van der Waals surface area contributed by atoms with E-state index in [1.165, 1.54) is 18.2 Å². The Morgan fingerprint density at radius 1 is 1.08 bits per heavy atom. The number of carbonyl (C=O) groups excluding carboxylic acids is 1. The lowest BCUT2D eigenvalue weighted by Gasteiger charge is -2.47. The lowest BCUT2D eigenvalue weighted by atomic mass is 9.82. The summed E-state index contributed by atoms with van der Waals surface area (Å²) in [6.45, 7) is 3.50. The highest BCUT2D eigenvalue weighted by atomic mass is 19.4. The molecule has 2 aliphatic heterocycles. The van der Waals surface area contributed by atoms with Crippen molar-refractivity contribution in [3.63, 3.8) is 0 Å². The second-order valence-corrected chi connectivity index (χ2v) is 9.49. The van der Waals surface area contributed by atoms with Gasteiger partial charge < -0.3 is 0 Å². The Labute approximate surface area is 206 Å². The van der Waals surface area contributed by atoms with Gasteiger partial charge in [-0.15, -0.1) is 0 Å². The van der Waals surface area contributed by atoms with Crippen LogP contribution in [0, 0.1) is 5.82 Å². The predicted octanol–water partition coefficient (Wildman–Crippen LogP) is 6.23. The maximum Gasteiger partial charge on any atom is 0.417 e. The Morgan fingerprint density at radius 2 is 1.89 bits per heavy atom. The minimum absolute atomic E-state index is 0.137. The van der Waals surface area contributed by atoms with Crippen molar-refractivity contribution in [1.29, 1.82) is 0 Å². The molecule has 3 aromatic rings. The van der Waals surface area contributed by atoms with Crippen LogP contribution in [0.25, 0.3) is 11.3 Å². The van der Waals surface area contributed by atoms with Gasteiger partial charge in [0.25, 0.3) is 5.91 Å². The van der Waals surface area contributed by atoms with Gasteiger partial charge in [0, 0.05) is 42.7 Å². The van der Waals surface area contributed by atoms with Crippen LogP contribution in [-0.2, 0) is 17.5 Å². The monoisotopic (exact) mass is 495 g/mol. The first-order valence-corrected chi connectivity index (χ1v) is 11.8. The van der Waals surface area contributed by atoms with Gasteiger partial charge in [-0.3, -0.25) is 19.6 Å². The van der Waals surface area contributed by atoms with Gasteiger partial charge in [0.2, 0.25) is 0 Å². The van der Waals surface area contributed by atoms with Crippen molar-refractivity contribution < 1.29 is 22.4 Å². The molecule has 1 saturated heterocycles. The number of anilines is 1. The molecule has 8 heteroatoms. The van der Waals surface area contributed by atoms with Crippen molar-refractivity contribution in [2.75, 3.05) is 11.4 Å². The summed E-state index contributed by atoms with van der Waals surface area (Å²) in [5.41, 5.74) is 1.55. The highest BCUT2D eigenvalue weighted by Crippen LogP contribution is 2.41. The van der Waals surface area contributed by atoms with Gasteiger partial charge in [0.05, 0.1) is 16.8 Å². The van der Waals surface area contributed by atoms with Crippen molar-refractivity contribution in [1.82, 2.24) is 9.88 Å². The molecule has 1 fully saturated rings. The Balaban J connectivity index is 1.31. The molecule has 2 aromatic carbocycles. The van der Waals surface area contributed by atoms with Gasteiger partial charge in [-0.05, 0) is 61.7 Å². The average molecular weight is 496 g/mol. The molecule has 5 rings (SSSR count). The van der Waals surface area contributed by atoms with Crippen LogP contribution in [0.2, 0.25) is 0 Å². The van der Waals surface area contributed by atoms with E-state index in [0.29, 0.717) is 30.8 Å². The third kappa shape index (κ3) is 4.65. The Kier molecular flexibility index (Phi) is 6.16. The number of hydrogen-bond donors (Lipinski definition) is 0. The van der Waals surface area contributed by atoms with Crippen molar-refractivity contribution >= 4 is 11.6 Å². The fraction of sp³-hybridized carbons (Fsp3) is 0.286. The molecular weight excluding hydrogens is 470 g/mol. The van der Waals surface area contributed by atoms with Crippen molar-refractivity contribution in [2.24, 2.45) is 0 Å². The van der Waals surface area contributed by atoms with Gasteiger partial charge >= 0.3 is 6.18 Å². The number of piperidine rings is 1. The molecule has 1 aromatic heterocycles. The first-order valence-electron chi connectivity index (χ1n) is 11.8. The maximum absolute atomic E-state index is 13.9. The Bertz CT molecular complexity index is 1300. The van der Waals surface area contributed by atoms with Crippen molar-refractivity contribution in [3.05, 3.63) is 96.0 Å². The first kappa shape index (κ1) is 24.2. The fourth-order valence-corrected chi connectivity index (χ4v) is 5.28. The van der Waals surface area contributed by atoms with E-state index < -0.39 is 17.3 Å². The van der Waals surface area contributed by atoms with Gasteiger partial charge in [-0.2, -0.15) is 13.2 Å². The minimum atomic E-state index is -4.42. The number of benzene rings is 2. The van der Waals surface area contributed by atoms with E-state index in [0.717, 1.165) is 29.9 Å². The Morgan fingerprint density at radius 3 is 2.58 bits per heavy atom. The van der Waals surface area contributed by atoms with Gasteiger partial charge in [-0.1, -0.05) is 30.3 Å². The molecule has 4 nitrogen and oxygen atoms in total. The van der Waals surface area contributed by atoms with Crippen LogP contribution in [-0.4, -0.2) is 33.9 Å². The lowest BCUT2D eigenvalue weighted by molar-refractivity contribution is -0.137. The summed E-state index contributed by atoms with van der Waals surface area (Å²) < 4.78 is 52.5. The van der Waals surface area contributed by atoms with Crippen LogP contribution in [0.3, 0.4) is 0 Å². The predicted molar refractivity (Wildman–Crippen MR) is 130 cm³/mol. The molecule has 2 unspecified atom stereocenters. The molecule has 2 aliphatic rings. The van der Waals surface area contributed by atoms with Crippen molar-refractivity contribution in [3.8, 4) is 11.3 Å². The lowest BCUT2D eigenvalue weighted by Crippen LogP contribution is -2.56. The number of aromatic nitrogens is 1. The van der Waals surface area contributed by atoms with Crippen LogP contribution in [0.5, 0.6) is 0 Å². The topological polar surface area (TPSA) is 36.4 Å². The van der Waals surface area contributed by atoms with Crippen LogP contribution in [0.15, 0.2) is 79.0 Å². The van der Waals surface area contributed by atoms with Crippen LogP contribution in [0.4, 0.5) is 23.2 Å². The van der Waals surface area contributed by atoms with Crippen molar-refractivity contribution in [2.45, 2.75) is 44.1 Å². The van der Waals surface area contributed by atoms with Crippen LogP contribution >= 0.6 is 0 Å². The van der Waals surface area contributed by atoms with E-state index in [9.17, 15) is 22.4 Å². The van der Waals surface area contributed by atoms with Crippen LogP contribution < -0.4 is 4.90 Å². The highest BCUT2D eigenvalue weighted by molar-refractivity contribution is 6.06.